The van der Waals surface area contributed by atoms with Crippen LogP contribution in [0.4, 0.5) is 0 Å². The molecule has 0 spiro atoms. The molecule has 0 fully saturated rings. The van der Waals surface area contributed by atoms with E-state index in [4.69, 9.17) is 5.73 Å². The van der Waals surface area contributed by atoms with Crippen LogP contribution in [0.2, 0.25) is 0 Å². The van der Waals surface area contributed by atoms with Gasteiger partial charge in [0, 0.05) is 14.5 Å². The van der Waals surface area contributed by atoms with Gasteiger partial charge in [0.2, 0.25) is 0 Å². The number of nitrogens with zero attached hydrogens (tertiary/aromatic N) is 1. The molecule has 2 N–H and O–H groups in total. The summed E-state index contributed by atoms with van der Waals surface area (Å²) in [4.78, 5) is 4.67. The molecule has 2 nitrogen and oxygen atoms in total. The van der Waals surface area contributed by atoms with E-state index in [-0.39, 0.29) is 11.5 Å². The van der Waals surface area contributed by atoms with Gasteiger partial charge in [-0.15, -0.1) is 11.3 Å². The second-order valence-electron chi connectivity index (χ2n) is 5.42. The van der Waals surface area contributed by atoms with E-state index < -0.39 is 0 Å². The highest BCUT2D eigenvalue weighted by Gasteiger charge is 2.25. The van der Waals surface area contributed by atoms with Gasteiger partial charge in [-0.05, 0) is 40.1 Å². The van der Waals surface area contributed by atoms with E-state index in [1.165, 1.54) is 3.57 Å². The third-order valence-electron chi connectivity index (χ3n) is 2.86. The molecule has 4 heteroatoms. The van der Waals surface area contributed by atoms with E-state index in [9.17, 15) is 0 Å². The first-order chi connectivity index (χ1) is 8.38. The van der Waals surface area contributed by atoms with Crippen molar-refractivity contribution in [3.8, 4) is 11.3 Å². The van der Waals surface area contributed by atoms with Crippen molar-refractivity contribution in [3.63, 3.8) is 0 Å². The van der Waals surface area contributed by atoms with Crippen LogP contribution in [-0.4, -0.2) is 4.98 Å². The lowest BCUT2D eigenvalue weighted by Gasteiger charge is -2.24. The van der Waals surface area contributed by atoms with Crippen LogP contribution in [-0.2, 0) is 0 Å². The average Bonchev–Trinajstić information content (AvgIpc) is 2.77. The molecule has 1 aromatic heterocycles. The third kappa shape index (κ3) is 3.10. The van der Waals surface area contributed by atoms with Gasteiger partial charge in [0.15, 0.2) is 0 Å². The summed E-state index contributed by atoms with van der Waals surface area (Å²) in [5.74, 6) is 0. The van der Waals surface area contributed by atoms with Crippen LogP contribution >= 0.6 is 33.9 Å². The third-order valence-corrected chi connectivity index (χ3v) is 4.51. The largest absolute Gasteiger partial charge is 0.322 e. The van der Waals surface area contributed by atoms with Crippen molar-refractivity contribution in [3.05, 3.63) is 38.2 Å². The normalized spacial score (nSPS) is 13.6. The molecule has 1 atom stereocenters. The summed E-state index contributed by atoms with van der Waals surface area (Å²) < 4.78 is 1.23. The van der Waals surface area contributed by atoms with E-state index in [0.717, 1.165) is 16.3 Å². The Morgan fingerprint density at radius 2 is 1.83 bits per heavy atom. The molecule has 0 aliphatic carbocycles. The zero-order valence-corrected chi connectivity index (χ0v) is 13.7. The molecule has 1 heterocycles. The van der Waals surface area contributed by atoms with Gasteiger partial charge in [0.1, 0.15) is 5.01 Å². The molecule has 2 rings (SSSR count). The van der Waals surface area contributed by atoms with Gasteiger partial charge < -0.3 is 5.73 Å². The molecular formula is C14H17IN2S. The van der Waals surface area contributed by atoms with Crippen LogP contribution in [0.5, 0.6) is 0 Å². The highest BCUT2D eigenvalue weighted by Crippen LogP contribution is 2.34. The van der Waals surface area contributed by atoms with E-state index in [1.807, 2.05) is 0 Å². The monoisotopic (exact) mass is 372 g/mol. The van der Waals surface area contributed by atoms with Crippen LogP contribution in [0.25, 0.3) is 11.3 Å². The molecule has 0 saturated carbocycles. The fourth-order valence-electron chi connectivity index (χ4n) is 1.55. The lowest BCUT2D eigenvalue weighted by atomic mass is 9.88. The molecule has 0 aliphatic rings. The van der Waals surface area contributed by atoms with Crippen molar-refractivity contribution >= 4 is 33.9 Å². The van der Waals surface area contributed by atoms with Crippen LogP contribution in [0.1, 0.15) is 31.8 Å². The van der Waals surface area contributed by atoms with Crippen molar-refractivity contribution in [2.75, 3.05) is 0 Å². The maximum atomic E-state index is 6.23. The summed E-state index contributed by atoms with van der Waals surface area (Å²) in [7, 11) is 0. The van der Waals surface area contributed by atoms with Crippen LogP contribution in [0.3, 0.4) is 0 Å². The Labute approximate surface area is 126 Å². The summed E-state index contributed by atoms with van der Waals surface area (Å²) in [5.41, 5.74) is 8.45. The average molecular weight is 372 g/mol. The molecular weight excluding hydrogens is 355 g/mol. The molecule has 0 aliphatic heterocycles. The summed E-state index contributed by atoms with van der Waals surface area (Å²) in [5, 5.41) is 3.10. The van der Waals surface area contributed by atoms with E-state index in [0.29, 0.717) is 0 Å². The Balaban J connectivity index is 2.28. The zero-order chi connectivity index (χ0) is 13.3. The number of aromatic nitrogens is 1. The molecule has 0 bridgehead atoms. The Morgan fingerprint density at radius 1 is 1.22 bits per heavy atom. The van der Waals surface area contributed by atoms with Gasteiger partial charge in [0.25, 0.3) is 0 Å². The quantitative estimate of drug-likeness (QED) is 0.791. The molecule has 0 radical (unpaired) electrons. The number of hydrogen-bond acceptors (Lipinski definition) is 3. The van der Waals surface area contributed by atoms with Crippen molar-refractivity contribution in [2.24, 2.45) is 11.1 Å². The number of benzene rings is 1. The summed E-state index contributed by atoms with van der Waals surface area (Å²) in [6.07, 6.45) is 0. The first-order valence-corrected chi connectivity index (χ1v) is 7.81. The van der Waals surface area contributed by atoms with Crippen LogP contribution in [0, 0.1) is 8.99 Å². The van der Waals surface area contributed by atoms with Gasteiger partial charge in [0.05, 0.1) is 11.7 Å². The first-order valence-electron chi connectivity index (χ1n) is 5.85. The van der Waals surface area contributed by atoms with Gasteiger partial charge in [-0.3, -0.25) is 0 Å². The number of thiazole rings is 1. The van der Waals surface area contributed by atoms with Gasteiger partial charge in [-0.1, -0.05) is 32.9 Å². The number of rotatable bonds is 2. The molecule has 2 aromatic rings. The van der Waals surface area contributed by atoms with Crippen molar-refractivity contribution in [1.82, 2.24) is 4.98 Å². The Hall–Kier alpha value is -0.460. The Bertz CT molecular complexity index is 525. The molecule has 0 saturated heterocycles. The number of hydrogen-bond donors (Lipinski definition) is 1. The predicted octanol–water partition coefficient (Wildman–Crippen LogP) is 4.46. The molecule has 96 valence electrons. The highest BCUT2D eigenvalue weighted by atomic mass is 127. The Morgan fingerprint density at radius 3 is 2.39 bits per heavy atom. The van der Waals surface area contributed by atoms with Crippen molar-refractivity contribution < 1.29 is 0 Å². The highest BCUT2D eigenvalue weighted by molar-refractivity contribution is 14.1. The van der Waals surface area contributed by atoms with Gasteiger partial charge in [-0.2, -0.15) is 0 Å². The number of halogens is 1. The van der Waals surface area contributed by atoms with E-state index >= 15 is 0 Å². The maximum absolute atomic E-state index is 6.23. The lowest BCUT2D eigenvalue weighted by Crippen LogP contribution is -2.26. The standard InChI is InChI=1S/C14H17IN2S/c1-14(2,3)12(16)13-17-11(8-18-13)9-4-6-10(15)7-5-9/h4-8,12H,16H2,1-3H3. The smallest absolute Gasteiger partial charge is 0.111 e. The minimum Gasteiger partial charge on any atom is -0.322 e. The minimum atomic E-state index is -0.0138. The van der Waals surface area contributed by atoms with Gasteiger partial charge >= 0.3 is 0 Å². The zero-order valence-electron chi connectivity index (χ0n) is 10.8. The molecule has 18 heavy (non-hydrogen) atoms. The SMILES string of the molecule is CC(C)(C)C(N)c1nc(-c2ccc(I)cc2)cs1. The van der Waals surface area contributed by atoms with Crippen molar-refractivity contribution in [2.45, 2.75) is 26.8 Å². The minimum absolute atomic E-state index is 0.0138. The predicted molar refractivity (Wildman–Crippen MR) is 86.7 cm³/mol. The van der Waals surface area contributed by atoms with Gasteiger partial charge in [-0.25, -0.2) is 4.98 Å². The molecule has 1 unspecified atom stereocenters. The first kappa shape index (κ1) is 14.0. The summed E-state index contributed by atoms with van der Waals surface area (Å²) in [6, 6.07) is 8.38. The number of nitrogens with two attached hydrogens (primary N) is 1. The molecule has 0 amide bonds. The van der Waals surface area contributed by atoms with E-state index in [1.54, 1.807) is 11.3 Å². The van der Waals surface area contributed by atoms with E-state index in [2.05, 4.69) is 78.0 Å². The summed E-state index contributed by atoms with van der Waals surface area (Å²) in [6.45, 7) is 6.43. The van der Waals surface area contributed by atoms with Crippen LogP contribution in [0.15, 0.2) is 29.6 Å². The lowest BCUT2D eigenvalue weighted by molar-refractivity contribution is 0.326. The molecule has 1 aromatic carbocycles. The summed E-state index contributed by atoms with van der Waals surface area (Å²) >= 11 is 3.95. The van der Waals surface area contributed by atoms with Crippen LogP contribution < -0.4 is 5.73 Å². The maximum Gasteiger partial charge on any atom is 0.111 e. The second-order valence-corrected chi connectivity index (χ2v) is 7.56. The second kappa shape index (κ2) is 5.27. The Kier molecular flexibility index (Phi) is 4.08. The fraction of sp³-hybridized carbons (Fsp3) is 0.357. The fourth-order valence-corrected chi connectivity index (χ4v) is 2.99. The van der Waals surface area contributed by atoms with Crippen molar-refractivity contribution in [1.29, 1.82) is 0 Å². The topological polar surface area (TPSA) is 38.9 Å².